The number of rotatable bonds is 8. The molecule has 0 spiro atoms. The summed E-state index contributed by atoms with van der Waals surface area (Å²) in [5.41, 5.74) is 0. The average molecular weight is 307 g/mol. The van der Waals surface area contributed by atoms with Gasteiger partial charge < -0.3 is 14.6 Å². The molecular formula is C17H25NO4. The van der Waals surface area contributed by atoms with Gasteiger partial charge >= 0.3 is 5.97 Å². The van der Waals surface area contributed by atoms with Crippen LogP contribution in [0.4, 0.5) is 0 Å². The van der Waals surface area contributed by atoms with Crippen molar-refractivity contribution in [2.24, 2.45) is 5.92 Å². The summed E-state index contributed by atoms with van der Waals surface area (Å²) >= 11 is 0. The molecule has 0 saturated carbocycles. The maximum absolute atomic E-state index is 11.0. The average Bonchev–Trinajstić information content (AvgIpc) is 2.54. The van der Waals surface area contributed by atoms with Gasteiger partial charge in [0.05, 0.1) is 12.5 Å². The first-order valence-corrected chi connectivity index (χ1v) is 8.00. The minimum atomic E-state index is -0.687. The summed E-state index contributed by atoms with van der Waals surface area (Å²) in [6.45, 7) is 5.71. The van der Waals surface area contributed by atoms with Gasteiger partial charge in [-0.25, -0.2) is 0 Å². The second-order valence-corrected chi connectivity index (χ2v) is 5.65. The highest BCUT2D eigenvalue weighted by atomic mass is 16.5. The Hall–Kier alpha value is -1.75. The van der Waals surface area contributed by atoms with Gasteiger partial charge in [0.2, 0.25) is 0 Å². The van der Waals surface area contributed by atoms with E-state index in [1.165, 1.54) is 0 Å². The molecule has 0 aromatic heterocycles. The molecule has 1 unspecified atom stereocenters. The van der Waals surface area contributed by atoms with Crippen LogP contribution in [0, 0.1) is 5.92 Å². The van der Waals surface area contributed by atoms with Crippen molar-refractivity contribution in [3.05, 3.63) is 24.3 Å². The van der Waals surface area contributed by atoms with E-state index in [1.807, 2.05) is 24.3 Å². The topological polar surface area (TPSA) is 59.0 Å². The number of benzene rings is 1. The van der Waals surface area contributed by atoms with E-state index in [-0.39, 0.29) is 5.92 Å². The van der Waals surface area contributed by atoms with Gasteiger partial charge in [-0.2, -0.15) is 0 Å². The first-order valence-electron chi connectivity index (χ1n) is 8.00. The van der Waals surface area contributed by atoms with Gasteiger partial charge in [-0.15, -0.1) is 0 Å². The quantitative estimate of drug-likeness (QED) is 0.800. The third kappa shape index (κ3) is 5.22. The van der Waals surface area contributed by atoms with E-state index >= 15 is 0 Å². The number of hydrogen-bond donors (Lipinski definition) is 1. The Kier molecular flexibility index (Phi) is 6.52. The highest BCUT2D eigenvalue weighted by molar-refractivity contribution is 5.70. The molecular weight excluding hydrogens is 282 g/mol. The predicted octanol–water partition coefficient (Wildman–Crippen LogP) is 2.65. The molecule has 22 heavy (non-hydrogen) atoms. The van der Waals surface area contributed by atoms with Crippen molar-refractivity contribution < 1.29 is 19.4 Å². The normalized spacial score (nSPS) is 18.9. The molecule has 1 aromatic rings. The lowest BCUT2D eigenvalue weighted by Crippen LogP contribution is -2.40. The summed E-state index contributed by atoms with van der Waals surface area (Å²) in [6, 6.07) is 7.63. The molecule has 0 radical (unpaired) electrons. The first kappa shape index (κ1) is 16.6. The van der Waals surface area contributed by atoms with Gasteiger partial charge in [0.1, 0.15) is 18.1 Å². The molecule has 1 aliphatic heterocycles. The summed E-state index contributed by atoms with van der Waals surface area (Å²) in [6.07, 6.45) is 2.72. The number of aliphatic carboxylic acids is 1. The van der Waals surface area contributed by atoms with Crippen LogP contribution < -0.4 is 9.47 Å². The fourth-order valence-electron chi connectivity index (χ4n) is 2.60. The monoisotopic (exact) mass is 307 g/mol. The molecule has 1 atom stereocenters. The lowest BCUT2D eigenvalue weighted by molar-refractivity contribution is -0.143. The van der Waals surface area contributed by atoms with Crippen LogP contribution in [-0.4, -0.2) is 48.8 Å². The minimum Gasteiger partial charge on any atom is -0.494 e. The van der Waals surface area contributed by atoms with Gasteiger partial charge in [-0.3, -0.25) is 9.69 Å². The number of hydrogen-bond acceptors (Lipinski definition) is 4. The Labute approximate surface area is 131 Å². The van der Waals surface area contributed by atoms with Crippen LogP contribution in [-0.2, 0) is 4.79 Å². The smallest absolute Gasteiger partial charge is 0.307 e. The van der Waals surface area contributed by atoms with Gasteiger partial charge in [0.15, 0.2) is 0 Å². The Bertz CT molecular complexity index is 460. The van der Waals surface area contributed by atoms with Crippen LogP contribution in [0.5, 0.6) is 11.5 Å². The summed E-state index contributed by atoms with van der Waals surface area (Å²) < 4.78 is 11.2. The van der Waals surface area contributed by atoms with Crippen molar-refractivity contribution >= 4 is 5.97 Å². The molecule has 0 bridgehead atoms. The molecule has 0 amide bonds. The number of ether oxygens (including phenoxy) is 2. The number of carbonyl (C=O) groups is 1. The maximum Gasteiger partial charge on any atom is 0.307 e. The molecule has 122 valence electrons. The Morgan fingerprint density at radius 2 is 1.86 bits per heavy atom. The lowest BCUT2D eigenvalue weighted by atomic mass is 9.98. The number of carboxylic acids is 1. The van der Waals surface area contributed by atoms with Crippen molar-refractivity contribution in [1.82, 2.24) is 4.90 Å². The van der Waals surface area contributed by atoms with E-state index in [0.29, 0.717) is 13.2 Å². The molecule has 5 heteroatoms. The number of carboxylic acid groups (broad SMARTS) is 1. The molecule has 1 heterocycles. The van der Waals surface area contributed by atoms with E-state index < -0.39 is 5.97 Å². The van der Waals surface area contributed by atoms with Crippen molar-refractivity contribution in [2.45, 2.75) is 26.2 Å². The predicted molar refractivity (Wildman–Crippen MR) is 84.5 cm³/mol. The van der Waals surface area contributed by atoms with Gasteiger partial charge in [-0.05, 0) is 50.1 Å². The van der Waals surface area contributed by atoms with Crippen molar-refractivity contribution in [3.8, 4) is 11.5 Å². The Morgan fingerprint density at radius 1 is 1.23 bits per heavy atom. The fraction of sp³-hybridized carbons (Fsp3) is 0.588. The maximum atomic E-state index is 11.0. The van der Waals surface area contributed by atoms with Gasteiger partial charge in [0.25, 0.3) is 0 Å². The lowest BCUT2D eigenvalue weighted by Gasteiger charge is -2.30. The third-order valence-electron chi connectivity index (χ3n) is 3.83. The summed E-state index contributed by atoms with van der Waals surface area (Å²) in [7, 11) is 0. The highest BCUT2D eigenvalue weighted by Gasteiger charge is 2.24. The van der Waals surface area contributed by atoms with E-state index in [1.54, 1.807) is 0 Å². The molecule has 5 nitrogen and oxygen atoms in total. The number of likely N-dealkylation sites (tertiary alicyclic amines) is 1. The second kappa shape index (κ2) is 8.63. The van der Waals surface area contributed by atoms with Crippen molar-refractivity contribution in [1.29, 1.82) is 0 Å². The first-order chi connectivity index (χ1) is 10.7. The van der Waals surface area contributed by atoms with Gasteiger partial charge in [0, 0.05) is 13.1 Å². The van der Waals surface area contributed by atoms with Crippen LogP contribution >= 0.6 is 0 Å². The van der Waals surface area contributed by atoms with Crippen LogP contribution in [0.25, 0.3) is 0 Å². The van der Waals surface area contributed by atoms with Crippen molar-refractivity contribution in [2.75, 3.05) is 32.8 Å². The SMILES string of the molecule is CCCOc1ccc(OCCN2CCCC(C(=O)O)C2)cc1. The van der Waals surface area contributed by atoms with Crippen LogP contribution in [0.1, 0.15) is 26.2 Å². The van der Waals surface area contributed by atoms with E-state index in [0.717, 1.165) is 50.5 Å². The number of piperidine rings is 1. The van der Waals surface area contributed by atoms with Crippen LogP contribution in [0.15, 0.2) is 24.3 Å². The molecule has 1 aromatic carbocycles. The van der Waals surface area contributed by atoms with E-state index in [2.05, 4.69) is 11.8 Å². The summed E-state index contributed by atoms with van der Waals surface area (Å²) in [5.74, 6) is 0.752. The zero-order chi connectivity index (χ0) is 15.8. The molecule has 1 aliphatic rings. The standard InChI is InChI=1S/C17H25NO4/c1-2-11-21-15-5-7-16(8-6-15)22-12-10-18-9-3-4-14(13-18)17(19)20/h5-8,14H,2-4,9-13H2,1H3,(H,19,20). The van der Waals surface area contributed by atoms with Gasteiger partial charge in [-0.1, -0.05) is 6.92 Å². The molecule has 1 fully saturated rings. The Morgan fingerprint density at radius 3 is 2.45 bits per heavy atom. The van der Waals surface area contributed by atoms with Crippen molar-refractivity contribution in [3.63, 3.8) is 0 Å². The molecule has 0 aliphatic carbocycles. The molecule has 2 rings (SSSR count). The largest absolute Gasteiger partial charge is 0.494 e. The fourth-order valence-corrected chi connectivity index (χ4v) is 2.60. The highest BCUT2D eigenvalue weighted by Crippen LogP contribution is 2.19. The zero-order valence-electron chi connectivity index (χ0n) is 13.2. The van der Waals surface area contributed by atoms with Crippen LogP contribution in [0.2, 0.25) is 0 Å². The van der Waals surface area contributed by atoms with E-state index in [4.69, 9.17) is 14.6 Å². The second-order valence-electron chi connectivity index (χ2n) is 5.65. The minimum absolute atomic E-state index is 0.233. The molecule has 1 saturated heterocycles. The zero-order valence-corrected chi connectivity index (χ0v) is 13.2. The van der Waals surface area contributed by atoms with E-state index in [9.17, 15) is 4.79 Å². The summed E-state index contributed by atoms with van der Waals surface area (Å²) in [5, 5.41) is 9.08. The Balaban J connectivity index is 1.70. The number of nitrogens with zero attached hydrogens (tertiary/aromatic N) is 1. The third-order valence-corrected chi connectivity index (χ3v) is 3.83. The van der Waals surface area contributed by atoms with Crippen LogP contribution in [0.3, 0.4) is 0 Å². The summed E-state index contributed by atoms with van der Waals surface area (Å²) in [4.78, 5) is 13.2. The molecule has 1 N–H and O–H groups in total.